The van der Waals surface area contributed by atoms with Crippen molar-refractivity contribution in [3.8, 4) is 12.3 Å². The smallest absolute Gasteiger partial charge is 0.310 e. The lowest BCUT2D eigenvalue weighted by Gasteiger charge is -2.55. The maximum Gasteiger partial charge on any atom is 0.310 e. The third-order valence-corrected chi connectivity index (χ3v) is 10.4. The molecule has 4 fully saturated rings. The van der Waals surface area contributed by atoms with Gasteiger partial charge in [-0.25, -0.2) is 0 Å². The van der Waals surface area contributed by atoms with Crippen molar-refractivity contribution in [3.63, 3.8) is 0 Å². The lowest BCUT2D eigenvalue weighted by molar-refractivity contribution is -0.176. The molecule has 4 saturated carbocycles. The highest BCUT2D eigenvalue weighted by atomic mass is 16.6. The van der Waals surface area contributed by atoms with Gasteiger partial charge in [-0.2, -0.15) is 0 Å². The number of nitrogens with zero attached hydrogens (tertiary/aromatic N) is 1. The first-order valence-corrected chi connectivity index (χ1v) is 13.0. The van der Waals surface area contributed by atoms with E-state index >= 15 is 0 Å². The summed E-state index contributed by atoms with van der Waals surface area (Å²) in [6.07, 6.45) is 20.8. The van der Waals surface area contributed by atoms with Crippen molar-refractivity contribution < 1.29 is 14.7 Å². The standard InChI is InChI=1S/C28H39NO3/c1-4-28(32-26(30)19-7-5-18(2)6-8-19)16-14-25-24-11-9-20-17-21(29-31)10-12-22(20)23(24)13-15-27(25,28)3/h1,17-19,22-25,31H,5-16H2,2-3H3/b29-21+/t18?,19?,22-,23+,24+,25-,27-,28+/m0/s1. The van der Waals surface area contributed by atoms with Crippen LogP contribution in [0.1, 0.15) is 90.9 Å². The topological polar surface area (TPSA) is 58.9 Å². The molecule has 32 heavy (non-hydrogen) atoms. The first-order chi connectivity index (χ1) is 15.4. The number of carbonyl (C=O) groups is 1. The average Bonchev–Trinajstić information content (AvgIpc) is 3.11. The van der Waals surface area contributed by atoms with Crippen LogP contribution in [-0.2, 0) is 9.53 Å². The lowest BCUT2D eigenvalue weighted by atomic mass is 9.50. The van der Waals surface area contributed by atoms with E-state index in [1.54, 1.807) is 0 Å². The van der Waals surface area contributed by atoms with Gasteiger partial charge in [0.2, 0.25) is 0 Å². The van der Waals surface area contributed by atoms with Gasteiger partial charge in [0.1, 0.15) is 0 Å². The van der Waals surface area contributed by atoms with E-state index in [9.17, 15) is 10.0 Å². The molecule has 0 aromatic carbocycles. The molecule has 0 unspecified atom stereocenters. The number of hydrogen-bond acceptors (Lipinski definition) is 4. The van der Waals surface area contributed by atoms with Crippen molar-refractivity contribution in [1.82, 2.24) is 0 Å². The normalized spacial score (nSPS) is 46.9. The van der Waals surface area contributed by atoms with Crippen LogP contribution in [0.2, 0.25) is 0 Å². The predicted molar refractivity (Wildman–Crippen MR) is 125 cm³/mol. The third kappa shape index (κ3) is 3.34. The van der Waals surface area contributed by atoms with E-state index in [0.29, 0.717) is 29.6 Å². The highest BCUT2D eigenvalue weighted by Crippen LogP contribution is 2.65. The molecule has 0 aliphatic heterocycles. The van der Waals surface area contributed by atoms with Crippen molar-refractivity contribution in [2.45, 2.75) is 96.5 Å². The molecular weight excluding hydrogens is 398 g/mol. The Labute approximate surface area is 193 Å². The summed E-state index contributed by atoms with van der Waals surface area (Å²) >= 11 is 0. The van der Waals surface area contributed by atoms with E-state index in [1.165, 1.54) is 12.0 Å². The van der Waals surface area contributed by atoms with Crippen LogP contribution >= 0.6 is 0 Å². The summed E-state index contributed by atoms with van der Waals surface area (Å²) < 4.78 is 6.38. The Hall–Kier alpha value is -1.76. The summed E-state index contributed by atoms with van der Waals surface area (Å²) in [5.41, 5.74) is 1.48. The summed E-state index contributed by atoms with van der Waals surface area (Å²) in [7, 11) is 0. The maximum absolute atomic E-state index is 13.2. The van der Waals surface area contributed by atoms with Gasteiger partial charge in [0.05, 0.1) is 11.6 Å². The number of rotatable bonds is 2. The van der Waals surface area contributed by atoms with E-state index in [1.807, 2.05) is 0 Å². The number of ether oxygens (including phenoxy) is 1. The number of carbonyl (C=O) groups excluding carboxylic acids is 1. The second-order valence-corrected chi connectivity index (χ2v) is 11.8. The van der Waals surface area contributed by atoms with Crippen LogP contribution in [0.4, 0.5) is 0 Å². The van der Waals surface area contributed by atoms with E-state index < -0.39 is 5.60 Å². The van der Waals surface area contributed by atoms with Gasteiger partial charge in [-0.15, -0.1) is 6.42 Å². The molecule has 5 aliphatic rings. The van der Waals surface area contributed by atoms with Gasteiger partial charge in [-0.1, -0.05) is 30.5 Å². The van der Waals surface area contributed by atoms with Crippen LogP contribution in [0.25, 0.3) is 0 Å². The van der Waals surface area contributed by atoms with Crippen molar-refractivity contribution in [2.24, 2.45) is 46.1 Å². The zero-order chi connectivity index (χ0) is 22.5. The molecule has 0 amide bonds. The van der Waals surface area contributed by atoms with Crippen molar-refractivity contribution >= 4 is 11.7 Å². The molecule has 0 heterocycles. The Morgan fingerprint density at radius 2 is 1.88 bits per heavy atom. The number of fused-ring (bicyclic) bond motifs is 5. The van der Waals surface area contributed by atoms with Crippen LogP contribution in [-0.4, -0.2) is 22.5 Å². The molecule has 0 radical (unpaired) electrons. The summed E-state index contributed by atoms with van der Waals surface area (Å²) in [6.45, 7) is 4.61. The molecule has 0 spiro atoms. The van der Waals surface area contributed by atoms with Crippen molar-refractivity contribution in [2.75, 3.05) is 0 Å². The zero-order valence-corrected chi connectivity index (χ0v) is 19.8. The van der Waals surface area contributed by atoms with E-state index in [4.69, 9.17) is 11.2 Å². The molecule has 0 saturated heterocycles. The van der Waals surface area contributed by atoms with Crippen LogP contribution in [0.3, 0.4) is 0 Å². The van der Waals surface area contributed by atoms with Gasteiger partial charge in [0.15, 0.2) is 5.60 Å². The predicted octanol–water partition coefficient (Wildman–Crippen LogP) is 6.13. The minimum atomic E-state index is -0.734. The molecule has 4 heteroatoms. The quantitative estimate of drug-likeness (QED) is 0.245. The lowest BCUT2D eigenvalue weighted by Crippen LogP contribution is -2.54. The Balaban J connectivity index is 1.35. The molecule has 174 valence electrons. The highest BCUT2D eigenvalue weighted by molar-refractivity contribution is 5.96. The highest BCUT2D eigenvalue weighted by Gasteiger charge is 2.64. The zero-order valence-electron chi connectivity index (χ0n) is 19.8. The first kappa shape index (κ1) is 22.1. The van der Waals surface area contributed by atoms with Gasteiger partial charge in [0, 0.05) is 5.41 Å². The third-order valence-electron chi connectivity index (χ3n) is 10.4. The number of allylic oxidation sites excluding steroid dienone is 2. The molecule has 1 N–H and O–H groups in total. The summed E-state index contributed by atoms with van der Waals surface area (Å²) in [4.78, 5) is 13.2. The van der Waals surface area contributed by atoms with Gasteiger partial charge in [-0.3, -0.25) is 4.79 Å². The Bertz CT molecular complexity index is 860. The van der Waals surface area contributed by atoms with Gasteiger partial charge in [0.25, 0.3) is 0 Å². The number of oxime groups is 1. The van der Waals surface area contributed by atoms with Crippen molar-refractivity contribution in [1.29, 1.82) is 0 Å². The largest absolute Gasteiger partial charge is 0.445 e. The Kier molecular flexibility index (Phi) is 5.67. The number of terminal acetylenes is 1. The summed E-state index contributed by atoms with van der Waals surface area (Å²) in [5, 5.41) is 12.7. The number of esters is 1. The first-order valence-electron chi connectivity index (χ1n) is 13.0. The summed E-state index contributed by atoms with van der Waals surface area (Å²) in [5.74, 6) is 6.29. The molecule has 5 aliphatic carbocycles. The molecule has 5 rings (SSSR count). The Morgan fingerprint density at radius 3 is 2.59 bits per heavy atom. The van der Waals surface area contributed by atoms with E-state index in [-0.39, 0.29) is 17.3 Å². The number of hydrogen-bond donors (Lipinski definition) is 1. The fourth-order valence-corrected chi connectivity index (χ4v) is 8.46. The molecule has 0 aromatic heterocycles. The fourth-order valence-electron chi connectivity index (χ4n) is 8.46. The van der Waals surface area contributed by atoms with Gasteiger partial charge >= 0.3 is 5.97 Å². The minimum absolute atomic E-state index is 0.0300. The second-order valence-electron chi connectivity index (χ2n) is 11.8. The van der Waals surface area contributed by atoms with E-state index in [2.05, 4.69) is 31.0 Å². The molecule has 6 atom stereocenters. The monoisotopic (exact) mass is 437 g/mol. The fraction of sp³-hybridized carbons (Fsp3) is 0.786. The Morgan fingerprint density at radius 1 is 1.09 bits per heavy atom. The molecule has 0 aromatic rings. The van der Waals surface area contributed by atoms with E-state index in [0.717, 1.165) is 76.3 Å². The van der Waals surface area contributed by atoms with Gasteiger partial charge in [-0.05, 0) is 113 Å². The molecule has 4 nitrogen and oxygen atoms in total. The molecule has 0 bridgehead atoms. The van der Waals surface area contributed by atoms with Crippen LogP contribution < -0.4 is 0 Å². The second kappa shape index (κ2) is 8.23. The molecular formula is C28H39NO3. The average molecular weight is 438 g/mol. The van der Waals surface area contributed by atoms with Crippen LogP contribution in [0, 0.1) is 53.3 Å². The van der Waals surface area contributed by atoms with Crippen LogP contribution in [0.5, 0.6) is 0 Å². The minimum Gasteiger partial charge on any atom is -0.445 e. The van der Waals surface area contributed by atoms with Crippen molar-refractivity contribution in [3.05, 3.63) is 11.6 Å². The van der Waals surface area contributed by atoms with Crippen LogP contribution in [0.15, 0.2) is 16.8 Å². The van der Waals surface area contributed by atoms with Gasteiger partial charge < -0.3 is 9.94 Å². The maximum atomic E-state index is 13.2. The summed E-state index contributed by atoms with van der Waals surface area (Å²) in [6, 6.07) is 0. The SMILES string of the molecule is C#C[C@@]1(OC(=O)C2CCC(C)CC2)CC[C@H]2[C@@H]3CCC4=C/C(=N/O)CC[C@@H]4[C@H]3CC[C@@]21C.